The van der Waals surface area contributed by atoms with E-state index >= 15 is 0 Å². The number of rotatable bonds is 7. The van der Waals surface area contributed by atoms with Crippen molar-refractivity contribution in [3.8, 4) is 0 Å². The third-order valence-electron chi connectivity index (χ3n) is 3.69. The molecule has 2 rings (SSSR count). The van der Waals surface area contributed by atoms with Crippen molar-refractivity contribution in [2.24, 2.45) is 11.8 Å². The van der Waals surface area contributed by atoms with Gasteiger partial charge in [0.15, 0.2) is 0 Å². The van der Waals surface area contributed by atoms with Crippen molar-refractivity contribution in [3.05, 3.63) is 28.5 Å². The molecule has 0 aromatic carbocycles. The Balaban J connectivity index is 1.76. The van der Waals surface area contributed by atoms with Crippen molar-refractivity contribution in [2.45, 2.75) is 44.8 Å². The smallest absolute Gasteiger partial charge is 0.0580 e. The van der Waals surface area contributed by atoms with E-state index in [2.05, 4.69) is 33.3 Å². The Bertz CT molecular complexity index is 379. The van der Waals surface area contributed by atoms with Crippen molar-refractivity contribution >= 4 is 15.9 Å². The van der Waals surface area contributed by atoms with Gasteiger partial charge in [-0.1, -0.05) is 0 Å². The van der Waals surface area contributed by atoms with E-state index < -0.39 is 0 Å². The molecular formula is C14H22BrN3O. The van der Waals surface area contributed by atoms with Gasteiger partial charge in [0.25, 0.3) is 0 Å². The number of halogens is 1. The fourth-order valence-corrected chi connectivity index (χ4v) is 2.87. The van der Waals surface area contributed by atoms with Gasteiger partial charge in [-0.2, -0.15) is 0 Å². The van der Waals surface area contributed by atoms with Gasteiger partial charge in [-0.05, 0) is 60.2 Å². The maximum atomic E-state index is 5.65. The van der Waals surface area contributed by atoms with Gasteiger partial charge in [0.05, 0.1) is 6.10 Å². The molecule has 1 unspecified atom stereocenters. The summed E-state index contributed by atoms with van der Waals surface area (Å²) in [7, 11) is 0. The molecule has 3 N–H and O–H groups in total. The Morgan fingerprint density at radius 1 is 1.53 bits per heavy atom. The van der Waals surface area contributed by atoms with Crippen LogP contribution in [0.5, 0.6) is 0 Å². The second kappa shape index (κ2) is 7.33. The minimum Gasteiger partial charge on any atom is -0.378 e. The molecule has 1 fully saturated rings. The number of nitrogens with zero attached hydrogens (tertiary/aromatic N) is 1. The fourth-order valence-electron chi connectivity index (χ4n) is 2.63. The summed E-state index contributed by atoms with van der Waals surface area (Å²) in [4.78, 5) is 4.39. The second-order valence-electron chi connectivity index (χ2n) is 5.19. The average molecular weight is 328 g/mol. The molecule has 5 heteroatoms. The quantitative estimate of drug-likeness (QED) is 0.596. The lowest BCUT2D eigenvalue weighted by atomic mass is 9.77. The van der Waals surface area contributed by atoms with E-state index in [0.29, 0.717) is 12.1 Å². The van der Waals surface area contributed by atoms with Crippen LogP contribution in [0.2, 0.25) is 0 Å². The van der Waals surface area contributed by atoms with Crippen molar-refractivity contribution in [2.75, 3.05) is 6.61 Å². The van der Waals surface area contributed by atoms with Gasteiger partial charge >= 0.3 is 0 Å². The molecule has 1 aromatic rings. The van der Waals surface area contributed by atoms with E-state index in [-0.39, 0.29) is 0 Å². The Morgan fingerprint density at radius 3 is 2.89 bits per heavy atom. The molecular weight excluding hydrogens is 306 g/mol. The highest BCUT2D eigenvalue weighted by Crippen LogP contribution is 2.33. The summed E-state index contributed by atoms with van der Waals surface area (Å²) in [6.07, 6.45) is 6.60. The number of hydrazine groups is 1. The van der Waals surface area contributed by atoms with Crippen LogP contribution >= 0.6 is 15.9 Å². The first-order valence-electron chi connectivity index (χ1n) is 6.89. The zero-order valence-corrected chi connectivity index (χ0v) is 12.9. The van der Waals surface area contributed by atoms with Crippen molar-refractivity contribution < 1.29 is 4.74 Å². The largest absolute Gasteiger partial charge is 0.378 e. The Hall–Kier alpha value is -0.490. The van der Waals surface area contributed by atoms with Gasteiger partial charge in [0.2, 0.25) is 0 Å². The predicted molar refractivity (Wildman–Crippen MR) is 79.5 cm³/mol. The van der Waals surface area contributed by atoms with Crippen LogP contribution in [-0.4, -0.2) is 23.7 Å². The first-order chi connectivity index (χ1) is 9.21. The summed E-state index contributed by atoms with van der Waals surface area (Å²) in [5.74, 6) is 6.38. The Kier molecular flexibility index (Phi) is 5.76. The lowest BCUT2D eigenvalue weighted by Crippen LogP contribution is -2.42. The fraction of sp³-hybridized carbons (Fsp3) is 0.643. The minimum atomic E-state index is 0.293. The molecule has 0 radical (unpaired) electrons. The predicted octanol–water partition coefficient (Wildman–Crippen LogP) is 2.42. The molecule has 0 saturated heterocycles. The number of hydrogen-bond donors (Lipinski definition) is 2. The van der Waals surface area contributed by atoms with Gasteiger partial charge in [-0.25, -0.2) is 0 Å². The first kappa shape index (κ1) is 14.9. The SMILES string of the molecule is CCOC1CC(CC(Cc2ccc(Br)cn2)NN)C1. The first-order valence-corrected chi connectivity index (χ1v) is 7.68. The zero-order valence-electron chi connectivity index (χ0n) is 11.3. The third kappa shape index (κ3) is 4.53. The third-order valence-corrected chi connectivity index (χ3v) is 4.16. The van der Waals surface area contributed by atoms with Crippen LogP contribution in [0, 0.1) is 5.92 Å². The summed E-state index contributed by atoms with van der Waals surface area (Å²) in [5, 5.41) is 0. The monoisotopic (exact) mass is 327 g/mol. The van der Waals surface area contributed by atoms with E-state index in [1.54, 1.807) is 0 Å². The number of hydrogen-bond acceptors (Lipinski definition) is 4. The summed E-state index contributed by atoms with van der Waals surface area (Å²) in [6, 6.07) is 4.35. The molecule has 0 aliphatic heterocycles. The Labute approximate surface area is 123 Å². The van der Waals surface area contributed by atoms with E-state index in [0.717, 1.165) is 35.5 Å². The van der Waals surface area contributed by atoms with Crippen LogP contribution < -0.4 is 11.3 Å². The van der Waals surface area contributed by atoms with E-state index in [1.165, 1.54) is 12.8 Å². The summed E-state index contributed by atoms with van der Waals surface area (Å²) >= 11 is 3.39. The summed E-state index contributed by atoms with van der Waals surface area (Å²) in [5.41, 5.74) is 3.99. The molecule has 4 nitrogen and oxygen atoms in total. The lowest BCUT2D eigenvalue weighted by Gasteiger charge is -2.36. The van der Waals surface area contributed by atoms with Crippen LogP contribution in [0.3, 0.4) is 0 Å². The van der Waals surface area contributed by atoms with Gasteiger partial charge in [0.1, 0.15) is 0 Å². The van der Waals surface area contributed by atoms with Crippen molar-refractivity contribution in [1.29, 1.82) is 0 Å². The molecule has 1 aliphatic rings. The molecule has 1 heterocycles. The standard InChI is InChI=1S/C14H22BrN3O/c1-2-19-14-6-10(7-14)5-13(18-16)8-12-4-3-11(15)9-17-12/h3-4,9-10,13-14,18H,2,5-8,16H2,1H3. The van der Waals surface area contributed by atoms with Crippen LogP contribution in [-0.2, 0) is 11.2 Å². The molecule has 19 heavy (non-hydrogen) atoms. The van der Waals surface area contributed by atoms with Crippen LogP contribution in [0.15, 0.2) is 22.8 Å². The lowest BCUT2D eigenvalue weighted by molar-refractivity contribution is -0.0290. The summed E-state index contributed by atoms with van der Waals surface area (Å²) in [6.45, 7) is 2.87. The number of ether oxygens (including phenoxy) is 1. The van der Waals surface area contributed by atoms with E-state index in [1.807, 2.05) is 18.3 Å². The molecule has 1 atom stereocenters. The van der Waals surface area contributed by atoms with Gasteiger partial charge in [-0.3, -0.25) is 16.3 Å². The van der Waals surface area contributed by atoms with Crippen molar-refractivity contribution in [1.82, 2.24) is 10.4 Å². The van der Waals surface area contributed by atoms with Crippen molar-refractivity contribution in [3.63, 3.8) is 0 Å². The van der Waals surface area contributed by atoms with Crippen LogP contribution in [0.1, 0.15) is 31.9 Å². The minimum absolute atomic E-state index is 0.293. The molecule has 0 spiro atoms. The molecule has 1 saturated carbocycles. The van der Waals surface area contributed by atoms with E-state index in [9.17, 15) is 0 Å². The second-order valence-corrected chi connectivity index (χ2v) is 6.10. The molecule has 0 bridgehead atoms. The average Bonchev–Trinajstić information content (AvgIpc) is 2.37. The number of nitrogens with two attached hydrogens (primary N) is 1. The maximum Gasteiger partial charge on any atom is 0.0580 e. The molecule has 1 aliphatic carbocycles. The highest BCUT2D eigenvalue weighted by atomic mass is 79.9. The Morgan fingerprint density at radius 2 is 2.32 bits per heavy atom. The number of pyridine rings is 1. The number of aromatic nitrogens is 1. The normalized spacial score (nSPS) is 23.9. The molecule has 106 valence electrons. The van der Waals surface area contributed by atoms with Crippen LogP contribution in [0.25, 0.3) is 0 Å². The van der Waals surface area contributed by atoms with E-state index in [4.69, 9.17) is 10.6 Å². The van der Waals surface area contributed by atoms with Crippen LogP contribution in [0.4, 0.5) is 0 Å². The van der Waals surface area contributed by atoms with Gasteiger partial charge < -0.3 is 4.74 Å². The highest BCUT2D eigenvalue weighted by molar-refractivity contribution is 9.10. The topological polar surface area (TPSA) is 60.2 Å². The number of nitrogens with one attached hydrogen (secondary N) is 1. The highest BCUT2D eigenvalue weighted by Gasteiger charge is 2.31. The maximum absolute atomic E-state index is 5.65. The van der Waals surface area contributed by atoms with Gasteiger partial charge in [-0.15, -0.1) is 0 Å². The zero-order chi connectivity index (χ0) is 13.7. The summed E-state index contributed by atoms with van der Waals surface area (Å²) < 4.78 is 6.59. The molecule has 0 amide bonds. The molecule has 1 aromatic heterocycles. The van der Waals surface area contributed by atoms with Gasteiger partial charge in [0, 0.05) is 35.4 Å².